The number of benzene rings is 1. The second-order valence-corrected chi connectivity index (χ2v) is 7.69. The van der Waals surface area contributed by atoms with E-state index >= 15 is 0 Å². The number of hydrogen-bond acceptors (Lipinski definition) is 4. The van der Waals surface area contributed by atoms with Crippen molar-refractivity contribution in [2.24, 2.45) is 0 Å². The Labute approximate surface area is 172 Å². The molecule has 0 radical (unpaired) electrons. The Morgan fingerprint density at radius 2 is 1.93 bits per heavy atom. The highest BCUT2D eigenvalue weighted by atomic mass is 16.3. The Kier molecular flexibility index (Phi) is 6.93. The number of nitrogens with one attached hydrogen (secondary N) is 2. The molecule has 0 spiro atoms. The van der Waals surface area contributed by atoms with Crippen molar-refractivity contribution in [1.29, 1.82) is 0 Å². The Morgan fingerprint density at radius 1 is 1.17 bits per heavy atom. The number of rotatable bonds is 6. The van der Waals surface area contributed by atoms with Gasteiger partial charge in [-0.1, -0.05) is 12.5 Å². The van der Waals surface area contributed by atoms with Gasteiger partial charge in [-0.05, 0) is 62.7 Å². The number of carbonyl (C=O) groups is 2. The first-order chi connectivity index (χ1) is 14.0. The Morgan fingerprint density at radius 3 is 2.59 bits per heavy atom. The third kappa shape index (κ3) is 5.38. The molecule has 2 aromatic rings. The number of aryl methyl sites for hydroxylation is 1. The fourth-order valence-electron chi connectivity index (χ4n) is 3.62. The zero-order valence-electron chi connectivity index (χ0n) is 17.4. The van der Waals surface area contributed by atoms with E-state index in [4.69, 9.17) is 4.42 Å². The monoisotopic (exact) mass is 398 g/mol. The van der Waals surface area contributed by atoms with Crippen LogP contribution in [-0.4, -0.2) is 55.5 Å². The number of anilines is 1. The van der Waals surface area contributed by atoms with E-state index in [-0.39, 0.29) is 18.0 Å². The van der Waals surface area contributed by atoms with Crippen molar-refractivity contribution in [3.63, 3.8) is 0 Å². The van der Waals surface area contributed by atoms with E-state index in [1.54, 1.807) is 32.5 Å². The second-order valence-electron chi connectivity index (χ2n) is 7.69. The molecule has 0 saturated carbocycles. The predicted molar refractivity (Wildman–Crippen MR) is 113 cm³/mol. The molecule has 3 amide bonds. The predicted octanol–water partition coefficient (Wildman–Crippen LogP) is 3.64. The molecule has 1 saturated heterocycles. The first-order valence-electron chi connectivity index (χ1n) is 10.1. The van der Waals surface area contributed by atoms with Crippen LogP contribution in [0.4, 0.5) is 10.5 Å². The van der Waals surface area contributed by atoms with Crippen LogP contribution < -0.4 is 10.6 Å². The minimum Gasteiger partial charge on any atom is -0.468 e. The lowest BCUT2D eigenvalue weighted by Gasteiger charge is -2.33. The third-order valence-electron chi connectivity index (χ3n) is 5.30. The summed E-state index contributed by atoms with van der Waals surface area (Å²) in [6.07, 6.45) is 5.24. The molecule has 1 aromatic carbocycles. The number of urea groups is 1. The van der Waals surface area contributed by atoms with Crippen LogP contribution in [-0.2, 0) is 0 Å². The van der Waals surface area contributed by atoms with Crippen LogP contribution in [0.2, 0.25) is 0 Å². The van der Waals surface area contributed by atoms with Gasteiger partial charge in [-0.3, -0.25) is 9.69 Å². The van der Waals surface area contributed by atoms with Gasteiger partial charge in [0.1, 0.15) is 5.76 Å². The third-order valence-corrected chi connectivity index (χ3v) is 5.30. The Hall–Kier alpha value is -2.80. The first kappa shape index (κ1) is 20.9. The van der Waals surface area contributed by atoms with Crippen molar-refractivity contribution < 1.29 is 14.0 Å². The number of furan rings is 1. The molecule has 3 rings (SSSR count). The molecule has 0 bridgehead atoms. The Balaban J connectivity index is 1.65. The molecule has 2 heterocycles. The minimum absolute atomic E-state index is 0.0128. The van der Waals surface area contributed by atoms with E-state index in [0.29, 0.717) is 17.8 Å². The van der Waals surface area contributed by atoms with Gasteiger partial charge in [-0.15, -0.1) is 0 Å². The van der Waals surface area contributed by atoms with Crippen LogP contribution in [0.3, 0.4) is 0 Å². The highest BCUT2D eigenvalue weighted by Crippen LogP contribution is 2.24. The molecular weight excluding hydrogens is 368 g/mol. The van der Waals surface area contributed by atoms with Gasteiger partial charge in [0.15, 0.2) is 0 Å². The normalized spacial score (nSPS) is 15.6. The van der Waals surface area contributed by atoms with Crippen LogP contribution in [0.15, 0.2) is 41.0 Å². The lowest BCUT2D eigenvalue weighted by atomic mass is 10.1. The van der Waals surface area contributed by atoms with Gasteiger partial charge in [-0.25, -0.2) is 4.79 Å². The molecule has 1 unspecified atom stereocenters. The number of likely N-dealkylation sites (tertiary alicyclic amines) is 1. The zero-order valence-corrected chi connectivity index (χ0v) is 17.4. The van der Waals surface area contributed by atoms with Gasteiger partial charge in [-0.2, -0.15) is 0 Å². The van der Waals surface area contributed by atoms with Gasteiger partial charge in [0.2, 0.25) is 0 Å². The molecule has 1 atom stereocenters. The average molecular weight is 399 g/mol. The van der Waals surface area contributed by atoms with Crippen molar-refractivity contribution in [2.45, 2.75) is 32.2 Å². The summed E-state index contributed by atoms with van der Waals surface area (Å²) in [6, 6.07) is 8.87. The fraction of sp³-hybridized carbons (Fsp3) is 0.455. The number of amides is 3. The van der Waals surface area contributed by atoms with E-state index in [1.807, 2.05) is 25.1 Å². The molecule has 7 nitrogen and oxygen atoms in total. The van der Waals surface area contributed by atoms with Crippen molar-refractivity contribution in [3.05, 3.63) is 53.5 Å². The van der Waals surface area contributed by atoms with E-state index in [2.05, 4.69) is 15.5 Å². The molecule has 156 valence electrons. The van der Waals surface area contributed by atoms with Crippen LogP contribution in [0.25, 0.3) is 0 Å². The SMILES string of the molecule is Cc1ccc(C(=O)N(C)C)cc1NC(=O)NCC(c1ccco1)N1CCCCC1. The maximum atomic E-state index is 12.6. The lowest BCUT2D eigenvalue weighted by Crippen LogP contribution is -2.41. The number of carbonyl (C=O) groups excluding carboxylic acids is 2. The van der Waals surface area contributed by atoms with E-state index in [9.17, 15) is 9.59 Å². The summed E-state index contributed by atoms with van der Waals surface area (Å²) in [5.41, 5.74) is 2.06. The van der Waals surface area contributed by atoms with Crippen molar-refractivity contribution in [1.82, 2.24) is 15.1 Å². The molecule has 29 heavy (non-hydrogen) atoms. The molecular formula is C22H30N4O3. The number of nitrogens with zero attached hydrogens (tertiary/aromatic N) is 2. The van der Waals surface area contributed by atoms with Gasteiger partial charge in [0, 0.05) is 31.9 Å². The summed E-state index contributed by atoms with van der Waals surface area (Å²) >= 11 is 0. The standard InChI is InChI=1S/C22H30N4O3/c1-16-9-10-17(21(27)25(2)3)14-18(16)24-22(28)23-15-19(20-8-7-13-29-20)26-11-5-4-6-12-26/h7-10,13-14,19H,4-6,11-12,15H2,1-3H3,(H2,23,24,28). The van der Waals surface area contributed by atoms with E-state index in [1.165, 1.54) is 11.3 Å². The Bertz CT molecular complexity index is 827. The summed E-state index contributed by atoms with van der Waals surface area (Å²) < 4.78 is 5.63. The van der Waals surface area contributed by atoms with E-state index < -0.39 is 0 Å². The maximum absolute atomic E-state index is 12.6. The first-order valence-corrected chi connectivity index (χ1v) is 10.1. The average Bonchev–Trinajstić information content (AvgIpc) is 3.24. The van der Waals surface area contributed by atoms with Crippen molar-refractivity contribution in [2.75, 3.05) is 39.0 Å². The van der Waals surface area contributed by atoms with Crippen LogP contribution in [0.5, 0.6) is 0 Å². The van der Waals surface area contributed by atoms with Gasteiger partial charge < -0.3 is 20.0 Å². The summed E-state index contributed by atoms with van der Waals surface area (Å²) in [5.74, 6) is 0.762. The molecule has 1 aliphatic heterocycles. The summed E-state index contributed by atoms with van der Waals surface area (Å²) in [5, 5.41) is 5.85. The van der Waals surface area contributed by atoms with Gasteiger partial charge in [0.05, 0.1) is 12.3 Å². The quantitative estimate of drug-likeness (QED) is 0.779. The molecule has 1 aliphatic rings. The van der Waals surface area contributed by atoms with Gasteiger partial charge in [0.25, 0.3) is 5.91 Å². The van der Waals surface area contributed by atoms with Crippen LogP contribution in [0, 0.1) is 6.92 Å². The topological polar surface area (TPSA) is 77.8 Å². The highest BCUT2D eigenvalue weighted by Gasteiger charge is 2.25. The lowest BCUT2D eigenvalue weighted by molar-refractivity contribution is 0.0827. The van der Waals surface area contributed by atoms with E-state index in [0.717, 1.165) is 37.3 Å². The zero-order chi connectivity index (χ0) is 20.8. The molecule has 1 aromatic heterocycles. The summed E-state index contributed by atoms with van der Waals surface area (Å²) in [6.45, 7) is 4.36. The van der Waals surface area contributed by atoms with Crippen molar-refractivity contribution >= 4 is 17.6 Å². The summed E-state index contributed by atoms with van der Waals surface area (Å²) in [7, 11) is 3.41. The number of hydrogen-bond donors (Lipinski definition) is 2. The van der Waals surface area contributed by atoms with Crippen LogP contribution in [0.1, 0.15) is 47.0 Å². The minimum atomic E-state index is -0.295. The largest absolute Gasteiger partial charge is 0.468 e. The van der Waals surface area contributed by atoms with Crippen molar-refractivity contribution in [3.8, 4) is 0 Å². The van der Waals surface area contributed by atoms with Crippen LogP contribution >= 0.6 is 0 Å². The fourth-order valence-corrected chi connectivity index (χ4v) is 3.62. The molecule has 7 heteroatoms. The highest BCUT2D eigenvalue weighted by molar-refractivity contribution is 5.97. The number of piperidine rings is 1. The van der Waals surface area contributed by atoms with Gasteiger partial charge >= 0.3 is 6.03 Å². The molecule has 1 fully saturated rings. The second kappa shape index (κ2) is 9.60. The summed E-state index contributed by atoms with van der Waals surface area (Å²) in [4.78, 5) is 28.6. The molecule has 2 N–H and O–H groups in total. The maximum Gasteiger partial charge on any atom is 0.319 e. The molecule has 0 aliphatic carbocycles. The smallest absolute Gasteiger partial charge is 0.319 e.